The lowest BCUT2D eigenvalue weighted by Gasteiger charge is -2.09. The summed E-state index contributed by atoms with van der Waals surface area (Å²) >= 11 is 0. The molecule has 0 atom stereocenters. The molecule has 0 radical (unpaired) electrons. The van der Waals surface area contributed by atoms with Crippen molar-refractivity contribution in [3.63, 3.8) is 0 Å². The Kier molecular flexibility index (Phi) is 4.32. The number of pyridine rings is 1. The van der Waals surface area contributed by atoms with Crippen molar-refractivity contribution in [2.75, 3.05) is 10.6 Å². The lowest BCUT2D eigenvalue weighted by molar-refractivity contribution is 0.100. The van der Waals surface area contributed by atoms with Crippen LogP contribution in [0.2, 0.25) is 0 Å². The van der Waals surface area contributed by atoms with E-state index in [0.29, 0.717) is 17.3 Å². The molecule has 7 heteroatoms. The molecule has 0 bridgehead atoms. The molecule has 2 aromatic carbocycles. The molecule has 27 heavy (non-hydrogen) atoms. The van der Waals surface area contributed by atoms with E-state index in [1.165, 1.54) is 0 Å². The van der Waals surface area contributed by atoms with Gasteiger partial charge in [0.1, 0.15) is 5.82 Å². The zero-order valence-electron chi connectivity index (χ0n) is 14.3. The van der Waals surface area contributed by atoms with Gasteiger partial charge >= 0.3 is 0 Å². The molecule has 4 N–H and O–H groups in total. The number of anilines is 4. The van der Waals surface area contributed by atoms with Gasteiger partial charge in [-0.1, -0.05) is 18.2 Å². The van der Waals surface area contributed by atoms with Crippen LogP contribution in [0.4, 0.5) is 23.1 Å². The molecule has 0 unspecified atom stereocenters. The Morgan fingerprint density at radius 2 is 1.70 bits per heavy atom. The highest BCUT2D eigenvalue weighted by molar-refractivity contribution is 5.93. The van der Waals surface area contributed by atoms with E-state index in [4.69, 9.17) is 5.73 Å². The first-order valence-corrected chi connectivity index (χ1v) is 8.29. The number of primary amides is 1. The lowest BCUT2D eigenvalue weighted by Crippen LogP contribution is -2.10. The summed E-state index contributed by atoms with van der Waals surface area (Å²) in [4.78, 5) is 24.2. The SMILES string of the molecule is NC(=O)c1ccc(Nc2nccc(Nc3cnc4ccccc4c3)n2)cc1. The van der Waals surface area contributed by atoms with Gasteiger partial charge in [0.25, 0.3) is 0 Å². The fraction of sp³-hybridized carbons (Fsp3) is 0. The summed E-state index contributed by atoms with van der Waals surface area (Å²) in [6, 6.07) is 18.5. The molecule has 0 spiro atoms. The molecular formula is C20H16N6O. The van der Waals surface area contributed by atoms with Gasteiger partial charge in [-0.15, -0.1) is 0 Å². The maximum atomic E-state index is 11.1. The molecule has 1 amide bonds. The number of carbonyl (C=O) groups excluding carboxylic acids is 1. The first kappa shape index (κ1) is 16.5. The molecule has 132 valence electrons. The maximum absolute atomic E-state index is 11.1. The van der Waals surface area contributed by atoms with Crippen LogP contribution in [0.5, 0.6) is 0 Å². The second kappa shape index (κ2) is 7.09. The molecule has 0 aliphatic heterocycles. The summed E-state index contributed by atoms with van der Waals surface area (Å²) in [5, 5.41) is 7.37. The van der Waals surface area contributed by atoms with Crippen LogP contribution in [0, 0.1) is 0 Å². The van der Waals surface area contributed by atoms with Gasteiger partial charge in [0.15, 0.2) is 0 Å². The first-order chi connectivity index (χ1) is 13.2. The Hall–Kier alpha value is -4.00. The highest BCUT2D eigenvalue weighted by atomic mass is 16.1. The fourth-order valence-electron chi connectivity index (χ4n) is 2.62. The van der Waals surface area contributed by atoms with Crippen LogP contribution >= 0.6 is 0 Å². The zero-order chi connectivity index (χ0) is 18.6. The average Bonchev–Trinajstić information content (AvgIpc) is 2.69. The fourth-order valence-corrected chi connectivity index (χ4v) is 2.62. The Balaban J connectivity index is 1.52. The Bertz CT molecular complexity index is 1110. The number of fused-ring (bicyclic) bond motifs is 1. The summed E-state index contributed by atoms with van der Waals surface area (Å²) in [5.74, 6) is 0.604. The third kappa shape index (κ3) is 3.82. The molecule has 0 aliphatic carbocycles. The summed E-state index contributed by atoms with van der Waals surface area (Å²) in [6.45, 7) is 0. The zero-order valence-corrected chi connectivity index (χ0v) is 14.3. The van der Waals surface area contributed by atoms with Gasteiger partial charge in [-0.3, -0.25) is 9.78 Å². The van der Waals surface area contributed by atoms with Gasteiger partial charge in [0, 0.05) is 22.8 Å². The van der Waals surface area contributed by atoms with Crippen LogP contribution in [-0.4, -0.2) is 20.9 Å². The van der Waals surface area contributed by atoms with Gasteiger partial charge in [-0.05, 0) is 42.5 Å². The number of benzene rings is 2. The summed E-state index contributed by atoms with van der Waals surface area (Å²) in [6.07, 6.45) is 3.42. The number of hydrogen-bond acceptors (Lipinski definition) is 6. The Morgan fingerprint density at radius 3 is 2.52 bits per heavy atom. The van der Waals surface area contributed by atoms with E-state index in [-0.39, 0.29) is 0 Å². The van der Waals surface area contributed by atoms with Gasteiger partial charge in [-0.2, -0.15) is 4.98 Å². The number of hydrogen-bond donors (Lipinski definition) is 3. The minimum absolute atomic E-state index is 0.431. The van der Waals surface area contributed by atoms with E-state index in [2.05, 4.69) is 25.6 Å². The molecule has 7 nitrogen and oxygen atoms in total. The van der Waals surface area contributed by atoms with E-state index in [9.17, 15) is 4.79 Å². The van der Waals surface area contributed by atoms with E-state index in [1.807, 2.05) is 30.3 Å². The van der Waals surface area contributed by atoms with Crippen molar-refractivity contribution in [1.82, 2.24) is 15.0 Å². The van der Waals surface area contributed by atoms with Crippen LogP contribution in [0.1, 0.15) is 10.4 Å². The smallest absolute Gasteiger partial charge is 0.248 e. The standard InChI is InChI=1S/C20H16N6O/c21-19(27)13-5-7-15(8-6-13)25-20-22-10-9-18(26-20)24-16-11-14-3-1-2-4-17(14)23-12-16/h1-12H,(H2,21,27)(H2,22,24,25,26). The van der Waals surface area contributed by atoms with Gasteiger partial charge < -0.3 is 16.4 Å². The predicted octanol–water partition coefficient (Wildman–Crippen LogP) is 3.61. The second-order valence-corrected chi connectivity index (χ2v) is 5.87. The third-order valence-corrected chi connectivity index (χ3v) is 3.94. The van der Waals surface area contributed by atoms with E-state index in [0.717, 1.165) is 22.3 Å². The predicted molar refractivity (Wildman–Crippen MR) is 105 cm³/mol. The summed E-state index contributed by atoms with van der Waals surface area (Å²) in [7, 11) is 0. The van der Waals surface area contributed by atoms with Crippen molar-refractivity contribution in [1.29, 1.82) is 0 Å². The van der Waals surface area contributed by atoms with Crippen molar-refractivity contribution in [3.8, 4) is 0 Å². The molecule has 0 fully saturated rings. The van der Waals surface area contributed by atoms with Crippen molar-refractivity contribution < 1.29 is 4.79 Å². The molecule has 0 saturated carbocycles. The average molecular weight is 356 g/mol. The summed E-state index contributed by atoms with van der Waals surface area (Å²) in [5.41, 5.74) is 8.22. The van der Waals surface area contributed by atoms with Gasteiger partial charge in [0.2, 0.25) is 11.9 Å². The van der Waals surface area contributed by atoms with E-state index >= 15 is 0 Å². The normalized spacial score (nSPS) is 10.5. The number of nitrogens with one attached hydrogen (secondary N) is 2. The second-order valence-electron chi connectivity index (χ2n) is 5.87. The van der Waals surface area contributed by atoms with Gasteiger partial charge in [0.05, 0.1) is 17.4 Å². The van der Waals surface area contributed by atoms with E-state index in [1.54, 1.807) is 42.7 Å². The van der Waals surface area contributed by atoms with Crippen LogP contribution < -0.4 is 16.4 Å². The van der Waals surface area contributed by atoms with Crippen molar-refractivity contribution in [3.05, 3.63) is 78.6 Å². The number of nitrogens with zero attached hydrogens (tertiary/aromatic N) is 3. The van der Waals surface area contributed by atoms with Crippen LogP contribution in [0.3, 0.4) is 0 Å². The number of amides is 1. The monoisotopic (exact) mass is 356 g/mol. The van der Waals surface area contributed by atoms with Crippen molar-refractivity contribution in [2.24, 2.45) is 5.73 Å². The Morgan fingerprint density at radius 1 is 0.889 bits per heavy atom. The van der Waals surface area contributed by atoms with Crippen LogP contribution in [0.25, 0.3) is 10.9 Å². The maximum Gasteiger partial charge on any atom is 0.248 e. The molecule has 0 aliphatic rings. The number of para-hydroxylation sites is 1. The lowest BCUT2D eigenvalue weighted by atomic mass is 10.2. The minimum atomic E-state index is -0.465. The third-order valence-electron chi connectivity index (χ3n) is 3.94. The molecular weight excluding hydrogens is 340 g/mol. The number of rotatable bonds is 5. The Labute approximate surface area is 155 Å². The molecule has 4 rings (SSSR count). The van der Waals surface area contributed by atoms with Crippen molar-refractivity contribution >= 4 is 40.0 Å². The summed E-state index contributed by atoms with van der Waals surface area (Å²) < 4.78 is 0. The van der Waals surface area contributed by atoms with E-state index < -0.39 is 5.91 Å². The minimum Gasteiger partial charge on any atom is -0.366 e. The molecule has 4 aromatic rings. The number of carbonyl (C=O) groups is 1. The molecule has 2 heterocycles. The molecule has 2 aromatic heterocycles. The van der Waals surface area contributed by atoms with Crippen LogP contribution in [0.15, 0.2) is 73.1 Å². The molecule has 0 saturated heterocycles. The highest BCUT2D eigenvalue weighted by Crippen LogP contribution is 2.20. The number of aromatic nitrogens is 3. The van der Waals surface area contributed by atoms with Crippen LogP contribution in [-0.2, 0) is 0 Å². The van der Waals surface area contributed by atoms with Gasteiger partial charge in [-0.25, -0.2) is 4.98 Å². The highest BCUT2D eigenvalue weighted by Gasteiger charge is 2.04. The number of nitrogens with two attached hydrogens (primary N) is 1. The van der Waals surface area contributed by atoms with Crippen molar-refractivity contribution in [2.45, 2.75) is 0 Å². The topological polar surface area (TPSA) is 106 Å². The quantitative estimate of drug-likeness (QED) is 0.504. The largest absolute Gasteiger partial charge is 0.366 e. The first-order valence-electron chi connectivity index (χ1n) is 8.29.